The zero-order valence-electron chi connectivity index (χ0n) is 14.5. The number of carboxylic acid groups (broad SMARTS) is 1. The molecule has 0 unspecified atom stereocenters. The van der Waals surface area contributed by atoms with Crippen LogP contribution in [0.1, 0.15) is 36.7 Å². The van der Waals surface area contributed by atoms with Gasteiger partial charge in [-0.3, -0.25) is 9.59 Å². The van der Waals surface area contributed by atoms with E-state index in [2.05, 4.69) is 0 Å². The number of aliphatic carboxylic acids is 1. The smallest absolute Gasteiger partial charge is 0.305 e. The lowest BCUT2D eigenvalue weighted by molar-refractivity contribution is -0.137. The van der Waals surface area contributed by atoms with Crippen LogP contribution >= 0.6 is 0 Å². The van der Waals surface area contributed by atoms with Crippen molar-refractivity contribution in [3.05, 3.63) is 36.0 Å². The average molecular weight is 344 g/mol. The SMILES string of the molecule is CCn1c(C(=O)N(CCC(=O)O)C[C@H]2CCCO2)cc2ccccc21. The van der Waals surface area contributed by atoms with E-state index >= 15 is 0 Å². The van der Waals surface area contributed by atoms with Crippen LogP contribution in [0.25, 0.3) is 10.9 Å². The third-order valence-corrected chi connectivity index (χ3v) is 4.68. The van der Waals surface area contributed by atoms with Crippen molar-refractivity contribution < 1.29 is 19.4 Å². The van der Waals surface area contributed by atoms with Gasteiger partial charge in [0.1, 0.15) is 5.69 Å². The van der Waals surface area contributed by atoms with E-state index in [1.165, 1.54) is 0 Å². The monoisotopic (exact) mass is 344 g/mol. The second kappa shape index (κ2) is 7.70. The molecule has 0 aliphatic carbocycles. The van der Waals surface area contributed by atoms with Gasteiger partial charge in [0.25, 0.3) is 5.91 Å². The maximum Gasteiger partial charge on any atom is 0.305 e. The number of aryl methyl sites for hydroxylation is 1. The molecule has 3 rings (SSSR count). The van der Waals surface area contributed by atoms with Gasteiger partial charge in [-0.2, -0.15) is 0 Å². The molecule has 1 aromatic heterocycles. The minimum absolute atomic E-state index is 0.00259. The van der Waals surface area contributed by atoms with E-state index < -0.39 is 5.97 Å². The molecule has 0 spiro atoms. The summed E-state index contributed by atoms with van der Waals surface area (Å²) in [5, 5.41) is 10.0. The summed E-state index contributed by atoms with van der Waals surface area (Å²) in [6.07, 6.45) is 1.83. The summed E-state index contributed by atoms with van der Waals surface area (Å²) in [6.45, 7) is 4.03. The van der Waals surface area contributed by atoms with E-state index in [0.29, 0.717) is 25.4 Å². The molecule has 0 radical (unpaired) electrons. The summed E-state index contributed by atoms with van der Waals surface area (Å²) in [7, 11) is 0. The molecule has 0 saturated carbocycles. The number of carboxylic acids is 1. The van der Waals surface area contributed by atoms with Crippen LogP contribution in [0.3, 0.4) is 0 Å². The molecule has 6 heteroatoms. The Morgan fingerprint density at radius 3 is 2.84 bits per heavy atom. The standard InChI is InChI=1S/C19H24N2O4/c1-2-21-16-8-4-3-6-14(16)12-17(21)19(24)20(10-9-18(22)23)13-15-7-5-11-25-15/h3-4,6,8,12,15H,2,5,7,9-11,13H2,1H3,(H,22,23)/t15-/m1/s1. The quantitative estimate of drug-likeness (QED) is 0.838. The molecule has 2 heterocycles. The lowest BCUT2D eigenvalue weighted by atomic mass is 10.2. The van der Waals surface area contributed by atoms with E-state index in [1.807, 2.05) is 41.8 Å². The van der Waals surface area contributed by atoms with Crippen molar-refractivity contribution in [3.63, 3.8) is 0 Å². The van der Waals surface area contributed by atoms with Crippen LogP contribution in [0.2, 0.25) is 0 Å². The van der Waals surface area contributed by atoms with Crippen molar-refractivity contribution in [2.75, 3.05) is 19.7 Å². The topological polar surface area (TPSA) is 71.8 Å². The molecule has 1 aliphatic rings. The van der Waals surface area contributed by atoms with Crippen LogP contribution in [-0.4, -0.2) is 52.3 Å². The fourth-order valence-electron chi connectivity index (χ4n) is 3.43. The van der Waals surface area contributed by atoms with E-state index in [-0.39, 0.29) is 25.0 Å². The fourth-order valence-corrected chi connectivity index (χ4v) is 3.43. The highest BCUT2D eigenvalue weighted by molar-refractivity contribution is 5.99. The lowest BCUT2D eigenvalue weighted by Crippen LogP contribution is -2.39. The second-order valence-electron chi connectivity index (χ2n) is 6.36. The molecule has 6 nitrogen and oxygen atoms in total. The fraction of sp³-hybridized carbons (Fsp3) is 0.474. The molecule has 1 fully saturated rings. The third-order valence-electron chi connectivity index (χ3n) is 4.68. The van der Waals surface area contributed by atoms with Gasteiger partial charge in [0.2, 0.25) is 0 Å². The highest BCUT2D eigenvalue weighted by Crippen LogP contribution is 2.22. The van der Waals surface area contributed by atoms with Crippen LogP contribution in [0.4, 0.5) is 0 Å². The summed E-state index contributed by atoms with van der Waals surface area (Å²) in [4.78, 5) is 25.8. The van der Waals surface area contributed by atoms with Gasteiger partial charge in [0, 0.05) is 37.1 Å². The molecular weight excluding hydrogens is 320 g/mol. The number of nitrogens with zero attached hydrogens (tertiary/aromatic N) is 2. The molecule has 0 bridgehead atoms. The number of aromatic nitrogens is 1. The largest absolute Gasteiger partial charge is 0.481 e. The van der Waals surface area contributed by atoms with Crippen LogP contribution in [-0.2, 0) is 16.1 Å². The van der Waals surface area contributed by atoms with Crippen molar-refractivity contribution >= 4 is 22.8 Å². The van der Waals surface area contributed by atoms with E-state index in [4.69, 9.17) is 9.84 Å². The van der Waals surface area contributed by atoms with Crippen molar-refractivity contribution in [2.24, 2.45) is 0 Å². The van der Waals surface area contributed by atoms with Crippen LogP contribution in [0.5, 0.6) is 0 Å². The molecule has 1 aromatic carbocycles. The summed E-state index contributed by atoms with van der Waals surface area (Å²) in [6, 6.07) is 9.78. The van der Waals surface area contributed by atoms with E-state index in [0.717, 1.165) is 23.7 Å². The van der Waals surface area contributed by atoms with Gasteiger partial charge < -0.3 is 19.3 Å². The number of amides is 1. The zero-order chi connectivity index (χ0) is 17.8. The minimum Gasteiger partial charge on any atom is -0.481 e. The van der Waals surface area contributed by atoms with Gasteiger partial charge in [0.05, 0.1) is 12.5 Å². The zero-order valence-corrected chi connectivity index (χ0v) is 14.5. The van der Waals surface area contributed by atoms with Crippen molar-refractivity contribution in [2.45, 2.75) is 38.8 Å². The molecule has 1 atom stereocenters. The Morgan fingerprint density at radius 2 is 2.16 bits per heavy atom. The summed E-state index contributed by atoms with van der Waals surface area (Å²) in [5.41, 5.74) is 1.62. The van der Waals surface area contributed by atoms with Gasteiger partial charge in [-0.25, -0.2) is 0 Å². The second-order valence-corrected chi connectivity index (χ2v) is 6.36. The summed E-state index contributed by atoms with van der Waals surface area (Å²) < 4.78 is 7.63. The Kier molecular flexibility index (Phi) is 5.38. The van der Waals surface area contributed by atoms with Gasteiger partial charge in [-0.15, -0.1) is 0 Å². The number of para-hydroxylation sites is 1. The molecule has 1 N–H and O–H groups in total. The first-order valence-corrected chi connectivity index (χ1v) is 8.81. The molecule has 2 aromatic rings. The van der Waals surface area contributed by atoms with Gasteiger partial charge in [-0.05, 0) is 31.9 Å². The number of fused-ring (bicyclic) bond motifs is 1. The normalized spacial score (nSPS) is 17.1. The number of hydrogen-bond acceptors (Lipinski definition) is 3. The Hall–Kier alpha value is -2.34. The molecule has 1 aliphatic heterocycles. The first kappa shape index (κ1) is 17.5. The Morgan fingerprint density at radius 1 is 1.36 bits per heavy atom. The molecular formula is C19H24N2O4. The number of ether oxygens (including phenoxy) is 1. The maximum absolute atomic E-state index is 13.2. The van der Waals surface area contributed by atoms with Crippen LogP contribution in [0, 0.1) is 0 Å². The van der Waals surface area contributed by atoms with Gasteiger partial charge in [0.15, 0.2) is 0 Å². The van der Waals surface area contributed by atoms with Gasteiger partial charge in [-0.1, -0.05) is 18.2 Å². The maximum atomic E-state index is 13.2. The number of carbonyl (C=O) groups is 2. The Bertz CT molecular complexity index is 762. The van der Waals surface area contributed by atoms with Crippen LogP contribution < -0.4 is 0 Å². The first-order valence-electron chi connectivity index (χ1n) is 8.81. The third kappa shape index (κ3) is 3.85. The Labute approximate surface area is 147 Å². The molecule has 25 heavy (non-hydrogen) atoms. The number of benzene rings is 1. The predicted molar refractivity (Wildman–Crippen MR) is 94.7 cm³/mol. The minimum atomic E-state index is -0.902. The van der Waals surface area contributed by atoms with Gasteiger partial charge >= 0.3 is 5.97 Å². The summed E-state index contributed by atoms with van der Waals surface area (Å²) >= 11 is 0. The van der Waals surface area contributed by atoms with Crippen molar-refractivity contribution in [3.8, 4) is 0 Å². The van der Waals surface area contributed by atoms with Crippen molar-refractivity contribution in [1.82, 2.24) is 9.47 Å². The summed E-state index contributed by atoms with van der Waals surface area (Å²) in [5.74, 6) is -1.03. The number of hydrogen-bond donors (Lipinski definition) is 1. The lowest BCUT2D eigenvalue weighted by Gasteiger charge is -2.25. The highest BCUT2D eigenvalue weighted by atomic mass is 16.5. The highest BCUT2D eigenvalue weighted by Gasteiger charge is 2.26. The molecule has 134 valence electrons. The average Bonchev–Trinajstić information content (AvgIpc) is 3.24. The first-order chi connectivity index (χ1) is 12.1. The molecule has 1 saturated heterocycles. The van der Waals surface area contributed by atoms with E-state index in [9.17, 15) is 9.59 Å². The molecule has 1 amide bonds. The number of rotatable bonds is 7. The Balaban J connectivity index is 1.88. The van der Waals surface area contributed by atoms with Crippen LogP contribution in [0.15, 0.2) is 30.3 Å². The van der Waals surface area contributed by atoms with Crippen molar-refractivity contribution in [1.29, 1.82) is 0 Å². The predicted octanol–water partition coefficient (Wildman–Crippen LogP) is 2.76. The number of carbonyl (C=O) groups excluding carboxylic acids is 1. The van der Waals surface area contributed by atoms with E-state index in [1.54, 1.807) is 4.90 Å².